The average Bonchev–Trinajstić information content (AvgIpc) is 2.91. The number of carbonyl (C=O) groups is 2. The van der Waals surface area contributed by atoms with Gasteiger partial charge in [-0.3, -0.25) is 9.59 Å². The maximum Gasteiger partial charge on any atom is 0.307 e. The van der Waals surface area contributed by atoms with Crippen LogP contribution in [0.3, 0.4) is 0 Å². The normalized spacial score (nSPS) is 45.8. The molecule has 0 heterocycles. The largest absolute Gasteiger partial charge is 0.463 e. The topological polar surface area (TPSA) is 52.6 Å². The van der Waals surface area contributed by atoms with Crippen LogP contribution in [0.25, 0.3) is 0 Å². The van der Waals surface area contributed by atoms with Crippen molar-refractivity contribution in [3.63, 3.8) is 0 Å². The highest BCUT2D eigenvalue weighted by molar-refractivity contribution is 5.67. The van der Waals surface area contributed by atoms with Crippen molar-refractivity contribution in [2.24, 2.45) is 34.5 Å². The molecule has 4 aliphatic carbocycles. The van der Waals surface area contributed by atoms with Gasteiger partial charge < -0.3 is 9.47 Å². The summed E-state index contributed by atoms with van der Waals surface area (Å²) in [4.78, 5) is 22.9. The first kappa shape index (κ1) is 19.0. The Morgan fingerprint density at radius 3 is 2.48 bits per heavy atom. The highest BCUT2D eigenvalue weighted by atomic mass is 16.5. The van der Waals surface area contributed by atoms with Gasteiger partial charge in [0.1, 0.15) is 11.9 Å². The van der Waals surface area contributed by atoms with E-state index in [1.807, 2.05) is 0 Å². The molecule has 0 aromatic rings. The van der Waals surface area contributed by atoms with Crippen LogP contribution >= 0.6 is 0 Å². The summed E-state index contributed by atoms with van der Waals surface area (Å²) in [6.45, 7) is 7.87. The van der Waals surface area contributed by atoms with Gasteiger partial charge in [0.15, 0.2) is 0 Å². The molecule has 0 aromatic heterocycles. The lowest BCUT2D eigenvalue weighted by atomic mass is 9.45. The van der Waals surface area contributed by atoms with Crippen LogP contribution in [0.4, 0.5) is 0 Å². The van der Waals surface area contributed by atoms with Crippen molar-refractivity contribution < 1.29 is 19.1 Å². The number of allylic oxidation sites excluding steroid dienone is 2. The molecule has 4 nitrogen and oxygen atoms in total. The summed E-state index contributed by atoms with van der Waals surface area (Å²) in [5, 5.41) is 0. The molecule has 27 heavy (non-hydrogen) atoms. The van der Waals surface area contributed by atoms with E-state index >= 15 is 0 Å². The van der Waals surface area contributed by atoms with Crippen LogP contribution < -0.4 is 0 Å². The zero-order valence-electron chi connectivity index (χ0n) is 17.3. The molecule has 0 spiro atoms. The summed E-state index contributed by atoms with van der Waals surface area (Å²) < 4.78 is 11.2. The molecule has 3 fully saturated rings. The Kier molecular flexibility index (Phi) is 4.67. The lowest BCUT2D eigenvalue weighted by molar-refractivity contribution is -0.159. The zero-order chi connectivity index (χ0) is 19.4. The van der Waals surface area contributed by atoms with Gasteiger partial charge in [-0.05, 0) is 86.5 Å². The Bertz CT molecular complexity index is 667. The van der Waals surface area contributed by atoms with Crippen LogP contribution in [0.5, 0.6) is 0 Å². The minimum absolute atomic E-state index is 0.0327. The summed E-state index contributed by atoms with van der Waals surface area (Å²) in [7, 11) is 0. The zero-order valence-corrected chi connectivity index (χ0v) is 17.3. The number of rotatable bonds is 2. The number of esters is 2. The first-order valence-electron chi connectivity index (χ1n) is 10.8. The Morgan fingerprint density at radius 2 is 1.78 bits per heavy atom. The van der Waals surface area contributed by atoms with Crippen LogP contribution in [0.2, 0.25) is 0 Å². The van der Waals surface area contributed by atoms with Crippen molar-refractivity contribution >= 4 is 11.9 Å². The van der Waals surface area contributed by atoms with Gasteiger partial charge in [0.2, 0.25) is 0 Å². The summed E-state index contributed by atoms with van der Waals surface area (Å²) in [6.07, 6.45) is 11.4. The SMILES string of the molecule is CC(=O)OC1=CC[C@@H]2[C@@H]3CC[C@@H]4C[C@@H](OC(C)=O)CC[C@@]4(C)[C@H]3CC[C@@]12C. The molecule has 3 saturated carbocycles. The molecule has 0 radical (unpaired) electrons. The van der Waals surface area contributed by atoms with Crippen LogP contribution in [-0.2, 0) is 19.1 Å². The Morgan fingerprint density at radius 1 is 1.00 bits per heavy atom. The molecule has 4 heteroatoms. The van der Waals surface area contributed by atoms with Gasteiger partial charge in [0, 0.05) is 19.3 Å². The third-order valence-corrected chi connectivity index (χ3v) is 8.71. The predicted octanol–water partition coefficient (Wildman–Crippen LogP) is 5.02. The second-order valence-corrected chi connectivity index (χ2v) is 10.0. The van der Waals surface area contributed by atoms with Gasteiger partial charge in [-0.15, -0.1) is 0 Å². The van der Waals surface area contributed by atoms with Crippen LogP contribution in [0, 0.1) is 34.5 Å². The van der Waals surface area contributed by atoms with E-state index in [2.05, 4.69) is 19.9 Å². The lowest BCUT2D eigenvalue weighted by Gasteiger charge is -2.60. The van der Waals surface area contributed by atoms with E-state index in [1.54, 1.807) is 0 Å². The molecule has 7 atom stereocenters. The van der Waals surface area contributed by atoms with Crippen molar-refractivity contribution in [1.82, 2.24) is 0 Å². The minimum atomic E-state index is -0.190. The standard InChI is InChI=1S/C23H34O4/c1-14(24)26-17-9-11-22(3)16(13-17)5-6-18-19-7-8-21(27-15(2)25)23(19,4)12-10-20(18)22/h8,16-20H,5-7,9-13H2,1-4H3/t16-,17+,18+,19-,20+,22-,23-/m1/s1. The molecule has 150 valence electrons. The fraction of sp³-hybridized carbons (Fsp3) is 0.826. The van der Waals surface area contributed by atoms with E-state index in [-0.39, 0.29) is 23.5 Å². The Balaban J connectivity index is 1.51. The molecule has 0 amide bonds. The first-order valence-corrected chi connectivity index (χ1v) is 10.8. The molecule has 0 aromatic carbocycles. The van der Waals surface area contributed by atoms with E-state index in [4.69, 9.17) is 9.47 Å². The average molecular weight is 375 g/mol. The van der Waals surface area contributed by atoms with Gasteiger partial charge in [-0.1, -0.05) is 13.8 Å². The molecular formula is C23H34O4. The minimum Gasteiger partial charge on any atom is -0.463 e. The second kappa shape index (κ2) is 6.63. The summed E-state index contributed by atoms with van der Waals surface area (Å²) in [5.74, 6) is 3.35. The van der Waals surface area contributed by atoms with E-state index < -0.39 is 0 Å². The first-order chi connectivity index (χ1) is 12.7. The summed E-state index contributed by atoms with van der Waals surface area (Å²) >= 11 is 0. The van der Waals surface area contributed by atoms with E-state index in [9.17, 15) is 9.59 Å². The number of carbonyl (C=O) groups excluding carboxylic acids is 2. The maximum atomic E-state index is 11.5. The smallest absolute Gasteiger partial charge is 0.307 e. The highest BCUT2D eigenvalue weighted by Gasteiger charge is 2.59. The number of hydrogen-bond acceptors (Lipinski definition) is 4. The monoisotopic (exact) mass is 374 g/mol. The van der Waals surface area contributed by atoms with E-state index in [0.717, 1.165) is 43.3 Å². The number of ether oxygens (including phenoxy) is 2. The summed E-state index contributed by atoms with van der Waals surface area (Å²) in [5.41, 5.74) is 0.399. The van der Waals surface area contributed by atoms with Crippen molar-refractivity contribution in [2.75, 3.05) is 0 Å². The summed E-state index contributed by atoms with van der Waals surface area (Å²) in [6, 6.07) is 0. The third kappa shape index (κ3) is 3.03. The van der Waals surface area contributed by atoms with Gasteiger partial charge in [0.25, 0.3) is 0 Å². The molecule has 4 aliphatic rings. The van der Waals surface area contributed by atoms with E-state index in [0.29, 0.717) is 17.3 Å². The van der Waals surface area contributed by atoms with Crippen LogP contribution in [0.1, 0.15) is 79.1 Å². The van der Waals surface area contributed by atoms with Crippen LogP contribution in [-0.4, -0.2) is 18.0 Å². The maximum absolute atomic E-state index is 11.5. The molecule has 0 aliphatic heterocycles. The van der Waals surface area contributed by atoms with Gasteiger partial charge in [0.05, 0.1) is 0 Å². The fourth-order valence-electron chi connectivity index (χ4n) is 7.40. The molecule has 0 N–H and O–H groups in total. The molecular weight excluding hydrogens is 340 g/mol. The Hall–Kier alpha value is -1.32. The Labute approximate surface area is 163 Å². The van der Waals surface area contributed by atoms with Crippen molar-refractivity contribution in [3.05, 3.63) is 11.8 Å². The van der Waals surface area contributed by atoms with Gasteiger partial charge >= 0.3 is 11.9 Å². The highest BCUT2D eigenvalue weighted by Crippen LogP contribution is 2.66. The molecule has 0 unspecified atom stereocenters. The van der Waals surface area contributed by atoms with Crippen molar-refractivity contribution in [2.45, 2.75) is 85.2 Å². The molecule has 4 rings (SSSR count). The lowest BCUT2D eigenvalue weighted by Crippen LogP contribution is -2.54. The quantitative estimate of drug-likeness (QED) is 0.637. The third-order valence-electron chi connectivity index (χ3n) is 8.71. The second-order valence-electron chi connectivity index (χ2n) is 10.0. The molecule has 0 bridgehead atoms. The predicted molar refractivity (Wildman–Crippen MR) is 103 cm³/mol. The van der Waals surface area contributed by atoms with Crippen LogP contribution in [0.15, 0.2) is 11.8 Å². The number of hydrogen-bond donors (Lipinski definition) is 0. The van der Waals surface area contributed by atoms with Crippen molar-refractivity contribution in [3.8, 4) is 0 Å². The van der Waals surface area contributed by atoms with E-state index in [1.165, 1.54) is 39.5 Å². The fourth-order valence-corrected chi connectivity index (χ4v) is 7.40. The molecule has 0 saturated heterocycles. The number of fused-ring (bicyclic) bond motifs is 5. The van der Waals surface area contributed by atoms with Gasteiger partial charge in [-0.25, -0.2) is 0 Å². The van der Waals surface area contributed by atoms with Crippen molar-refractivity contribution in [1.29, 1.82) is 0 Å². The van der Waals surface area contributed by atoms with Gasteiger partial charge in [-0.2, -0.15) is 0 Å².